The van der Waals surface area contributed by atoms with E-state index < -0.39 is 23.0 Å². The van der Waals surface area contributed by atoms with Gasteiger partial charge in [-0.15, -0.1) is 23.1 Å². The van der Waals surface area contributed by atoms with Crippen LogP contribution in [0.1, 0.15) is 74.0 Å². The Morgan fingerprint density at radius 2 is 1.64 bits per heavy atom. The number of esters is 1. The van der Waals surface area contributed by atoms with E-state index in [9.17, 15) is 19.2 Å². The normalized spacial score (nSPS) is 14.4. The van der Waals surface area contributed by atoms with Gasteiger partial charge in [0.1, 0.15) is 10.7 Å². The standard InChI is InChI=1S/C43H41N3O5S2/c1-4-51-43(50)38-35-22-21-32(30-15-7-5-8-16-30)25-37(35)53-42(38)46-39(47)28(3)52-34-20-12-19-33(26-34)44-41(49)36(24-29-14-11-13-27(2)23-29)45-40(48)31-17-9-6-10-18-31/h5-20,23-24,26,28,32H,4,21-22,25H2,1-3H3,(H,44,49)(H,45,48)(H,46,47)/b36-24+. The van der Waals surface area contributed by atoms with Gasteiger partial charge in [-0.1, -0.05) is 84.4 Å². The van der Waals surface area contributed by atoms with E-state index in [1.54, 1.807) is 62.4 Å². The number of thioether (sulfide) groups is 1. The summed E-state index contributed by atoms with van der Waals surface area (Å²) in [5.74, 6) is -1.22. The van der Waals surface area contributed by atoms with Crippen LogP contribution in [0.15, 0.2) is 120 Å². The molecule has 3 N–H and O–H groups in total. The van der Waals surface area contributed by atoms with E-state index in [2.05, 4.69) is 28.1 Å². The average molecular weight is 744 g/mol. The second-order valence-corrected chi connectivity index (χ2v) is 15.3. The summed E-state index contributed by atoms with van der Waals surface area (Å²) in [6.07, 6.45) is 4.08. The Hall–Kier alpha value is -5.45. The first kappa shape index (κ1) is 37.3. The lowest BCUT2D eigenvalue weighted by Crippen LogP contribution is -2.30. The molecule has 270 valence electrons. The van der Waals surface area contributed by atoms with Gasteiger partial charge in [0.05, 0.1) is 17.4 Å². The summed E-state index contributed by atoms with van der Waals surface area (Å²) in [6.45, 7) is 5.78. The summed E-state index contributed by atoms with van der Waals surface area (Å²) in [7, 11) is 0. The minimum absolute atomic E-state index is 0.0846. The van der Waals surface area contributed by atoms with Crippen LogP contribution in [0, 0.1) is 6.92 Å². The molecule has 0 saturated heterocycles. The molecule has 0 aliphatic heterocycles. The van der Waals surface area contributed by atoms with Crippen molar-refractivity contribution in [3.05, 3.63) is 153 Å². The van der Waals surface area contributed by atoms with Gasteiger partial charge < -0.3 is 20.7 Å². The molecule has 0 fully saturated rings. The molecular formula is C43H41N3O5S2. The summed E-state index contributed by atoms with van der Waals surface area (Å²) in [4.78, 5) is 55.4. The largest absolute Gasteiger partial charge is 0.462 e. The zero-order valence-corrected chi connectivity index (χ0v) is 31.4. The van der Waals surface area contributed by atoms with Crippen molar-refractivity contribution in [3.8, 4) is 0 Å². The summed E-state index contributed by atoms with van der Waals surface area (Å²) in [6, 6.07) is 33.9. The lowest BCUT2D eigenvalue weighted by molar-refractivity contribution is -0.115. The quantitative estimate of drug-likeness (QED) is 0.0668. The highest BCUT2D eigenvalue weighted by Crippen LogP contribution is 2.43. The second-order valence-electron chi connectivity index (χ2n) is 12.8. The summed E-state index contributed by atoms with van der Waals surface area (Å²) >= 11 is 2.79. The van der Waals surface area contributed by atoms with E-state index in [0.717, 1.165) is 45.7 Å². The maximum absolute atomic E-state index is 13.6. The first-order chi connectivity index (χ1) is 25.7. The number of carbonyl (C=O) groups is 4. The van der Waals surface area contributed by atoms with Gasteiger partial charge in [-0.3, -0.25) is 14.4 Å². The van der Waals surface area contributed by atoms with Crippen LogP contribution in [0.2, 0.25) is 0 Å². The van der Waals surface area contributed by atoms with Crippen LogP contribution in [0.25, 0.3) is 6.08 Å². The van der Waals surface area contributed by atoms with Gasteiger partial charge in [0.25, 0.3) is 11.8 Å². The smallest absolute Gasteiger partial charge is 0.341 e. The van der Waals surface area contributed by atoms with E-state index in [0.29, 0.717) is 27.7 Å². The first-order valence-corrected chi connectivity index (χ1v) is 19.3. The number of hydrogen-bond donors (Lipinski definition) is 3. The number of amides is 3. The highest BCUT2D eigenvalue weighted by molar-refractivity contribution is 8.00. The van der Waals surface area contributed by atoms with Crippen molar-refractivity contribution >= 4 is 63.6 Å². The summed E-state index contributed by atoms with van der Waals surface area (Å²) < 4.78 is 5.44. The van der Waals surface area contributed by atoms with Crippen LogP contribution in [0.4, 0.5) is 10.7 Å². The number of carbonyl (C=O) groups excluding carboxylic acids is 4. The van der Waals surface area contributed by atoms with Crippen LogP contribution in [0.3, 0.4) is 0 Å². The lowest BCUT2D eigenvalue weighted by atomic mass is 9.83. The zero-order chi connectivity index (χ0) is 37.3. The molecule has 0 saturated carbocycles. The number of aryl methyl sites for hydroxylation is 1. The zero-order valence-electron chi connectivity index (χ0n) is 29.8. The molecule has 0 radical (unpaired) electrons. The fourth-order valence-electron chi connectivity index (χ4n) is 6.29. The van der Waals surface area contributed by atoms with Gasteiger partial charge in [0.2, 0.25) is 5.91 Å². The highest BCUT2D eigenvalue weighted by atomic mass is 32.2. The van der Waals surface area contributed by atoms with E-state index in [1.165, 1.54) is 28.7 Å². The summed E-state index contributed by atoms with van der Waals surface area (Å²) in [5.41, 5.74) is 5.49. The van der Waals surface area contributed by atoms with E-state index in [4.69, 9.17) is 4.74 Å². The molecule has 1 aliphatic carbocycles. The Bertz CT molecular complexity index is 2150. The number of benzene rings is 4. The van der Waals surface area contributed by atoms with Gasteiger partial charge in [0, 0.05) is 21.0 Å². The maximum Gasteiger partial charge on any atom is 0.341 e. The molecule has 4 aromatic carbocycles. The van der Waals surface area contributed by atoms with Crippen molar-refractivity contribution < 1.29 is 23.9 Å². The van der Waals surface area contributed by atoms with Crippen LogP contribution in [0.5, 0.6) is 0 Å². The van der Waals surface area contributed by atoms with Crippen molar-refractivity contribution in [2.45, 2.75) is 56.1 Å². The predicted molar refractivity (Wildman–Crippen MR) is 214 cm³/mol. The molecule has 10 heteroatoms. The molecule has 53 heavy (non-hydrogen) atoms. The minimum Gasteiger partial charge on any atom is -0.462 e. The van der Waals surface area contributed by atoms with E-state index in [-0.39, 0.29) is 18.2 Å². The minimum atomic E-state index is -0.533. The lowest BCUT2D eigenvalue weighted by Gasteiger charge is -2.23. The number of ether oxygens (including phenoxy) is 1. The molecule has 0 spiro atoms. The topological polar surface area (TPSA) is 114 Å². The number of hydrogen-bond acceptors (Lipinski definition) is 7. The molecule has 8 nitrogen and oxygen atoms in total. The maximum atomic E-state index is 13.6. The third-order valence-corrected chi connectivity index (χ3v) is 11.2. The van der Waals surface area contributed by atoms with Crippen molar-refractivity contribution in [1.82, 2.24) is 5.32 Å². The van der Waals surface area contributed by atoms with Crippen molar-refractivity contribution in [3.63, 3.8) is 0 Å². The van der Waals surface area contributed by atoms with Crippen molar-refractivity contribution in [1.29, 1.82) is 0 Å². The molecule has 1 heterocycles. The number of rotatable bonds is 12. The van der Waals surface area contributed by atoms with Gasteiger partial charge >= 0.3 is 5.97 Å². The van der Waals surface area contributed by atoms with Crippen molar-refractivity contribution in [2.75, 3.05) is 17.2 Å². The number of fused-ring (bicyclic) bond motifs is 1. The molecule has 0 bridgehead atoms. The van der Waals surface area contributed by atoms with Gasteiger partial charge in [0.15, 0.2) is 0 Å². The Morgan fingerprint density at radius 3 is 2.38 bits per heavy atom. The monoisotopic (exact) mass is 743 g/mol. The van der Waals surface area contributed by atoms with Gasteiger partial charge in [-0.05, 0) is 99.0 Å². The molecule has 1 aromatic heterocycles. The molecule has 1 aliphatic rings. The predicted octanol–water partition coefficient (Wildman–Crippen LogP) is 9.03. The number of nitrogens with one attached hydrogen (secondary N) is 3. The second kappa shape index (κ2) is 17.4. The van der Waals surface area contributed by atoms with Crippen molar-refractivity contribution in [2.24, 2.45) is 0 Å². The Kier molecular flexibility index (Phi) is 12.2. The average Bonchev–Trinajstić information content (AvgIpc) is 3.52. The number of thiophene rings is 1. The first-order valence-electron chi connectivity index (χ1n) is 17.6. The van der Waals surface area contributed by atoms with Crippen LogP contribution in [-0.2, 0) is 27.2 Å². The third kappa shape index (κ3) is 9.51. The molecule has 2 unspecified atom stereocenters. The van der Waals surface area contributed by atoms with Crippen LogP contribution in [-0.4, -0.2) is 35.5 Å². The molecule has 6 rings (SSSR count). The van der Waals surface area contributed by atoms with E-state index >= 15 is 0 Å². The fourth-order valence-corrected chi connectivity index (χ4v) is 8.53. The third-order valence-electron chi connectivity index (χ3n) is 8.91. The Morgan fingerprint density at radius 1 is 0.906 bits per heavy atom. The number of anilines is 2. The van der Waals surface area contributed by atoms with E-state index in [1.807, 2.05) is 61.5 Å². The molecule has 3 amide bonds. The van der Waals surface area contributed by atoms with Crippen LogP contribution >= 0.6 is 23.1 Å². The molecule has 5 aromatic rings. The van der Waals surface area contributed by atoms with Gasteiger partial charge in [-0.25, -0.2) is 4.79 Å². The van der Waals surface area contributed by atoms with Crippen LogP contribution < -0.4 is 16.0 Å². The van der Waals surface area contributed by atoms with Gasteiger partial charge in [-0.2, -0.15) is 0 Å². The fraction of sp³-hybridized carbons (Fsp3) is 0.209. The Labute approximate surface area is 318 Å². The SMILES string of the molecule is CCOC(=O)c1c(NC(=O)C(C)Sc2cccc(NC(=O)/C(=C\c3cccc(C)c3)NC(=O)c3ccccc3)c2)sc2c1CCC(c1ccccc1)C2. The Balaban J connectivity index is 1.15. The highest BCUT2D eigenvalue weighted by Gasteiger charge is 2.31. The molecule has 2 atom stereocenters. The summed E-state index contributed by atoms with van der Waals surface area (Å²) in [5, 5.41) is 8.71. The molecular weight excluding hydrogens is 703 g/mol.